The number of anilines is 1. The fourth-order valence-electron chi connectivity index (χ4n) is 0.577. The second-order valence-corrected chi connectivity index (χ2v) is 2.33. The number of halogens is 2. The summed E-state index contributed by atoms with van der Waals surface area (Å²) in [6.45, 7) is 5.66. The van der Waals surface area contributed by atoms with Gasteiger partial charge in [0.05, 0.1) is 10.7 Å². The average Bonchev–Trinajstić information content (AvgIpc) is 2.05. The van der Waals surface area contributed by atoms with Crippen LogP contribution in [0.25, 0.3) is 0 Å². The maximum absolute atomic E-state index is 12.5. The van der Waals surface area contributed by atoms with Gasteiger partial charge in [0.2, 0.25) is 0 Å². The Hall–Kier alpha value is -0.830. The summed E-state index contributed by atoms with van der Waals surface area (Å²) in [6, 6.07) is 1.15. The highest BCUT2D eigenvalue weighted by atomic mass is 35.5. The van der Waals surface area contributed by atoms with Crippen LogP contribution in [0, 0.1) is 12.7 Å². The van der Waals surface area contributed by atoms with Gasteiger partial charge in [0.1, 0.15) is 0 Å². The van der Waals surface area contributed by atoms with Crippen LogP contribution in [-0.4, -0.2) is 4.98 Å². The van der Waals surface area contributed by atoms with Crippen LogP contribution in [0.4, 0.5) is 10.2 Å². The Morgan fingerprint density at radius 1 is 1.50 bits per heavy atom. The molecular formula is C8H12ClFN2. The number of pyridine rings is 1. The maximum Gasteiger partial charge on any atom is 0.166 e. The Labute approximate surface area is 76.6 Å². The highest BCUT2D eigenvalue weighted by Gasteiger charge is 2.02. The van der Waals surface area contributed by atoms with Gasteiger partial charge in [0, 0.05) is 0 Å². The molecule has 2 N–H and O–H groups in total. The van der Waals surface area contributed by atoms with E-state index in [0.29, 0.717) is 10.7 Å². The predicted octanol–water partition coefficient (Wildman–Crippen LogP) is 2.79. The minimum Gasteiger partial charge on any atom is -0.381 e. The number of hydrogen-bond acceptors (Lipinski definition) is 2. The average molecular weight is 191 g/mol. The third-order valence-electron chi connectivity index (χ3n) is 1.13. The summed E-state index contributed by atoms with van der Waals surface area (Å²) in [5, 5.41) is 0.298. The summed E-state index contributed by atoms with van der Waals surface area (Å²) < 4.78 is 12.5. The lowest BCUT2D eigenvalue weighted by molar-refractivity contribution is 0.626. The van der Waals surface area contributed by atoms with Crippen LogP contribution < -0.4 is 5.73 Å². The van der Waals surface area contributed by atoms with E-state index in [4.69, 9.17) is 17.3 Å². The van der Waals surface area contributed by atoms with Crippen LogP contribution >= 0.6 is 11.6 Å². The molecule has 0 saturated carbocycles. The summed E-state index contributed by atoms with van der Waals surface area (Å²) in [5.41, 5.74) is 5.69. The Bertz CT molecular complexity index is 213. The number of rotatable bonds is 0. The van der Waals surface area contributed by atoms with Gasteiger partial charge >= 0.3 is 0 Å². The number of nitrogens with two attached hydrogens (primary N) is 1. The van der Waals surface area contributed by atoms with Crippen molar-refractivity contribution in [1.29, 1.82) is 0 Å². The van der Waals surface area contributed by atoms with E-state index in [1.54, 1.807) is 6.92 Å². The zero-order chi connectivity index (χ0) is 9.72. The molecule has 0 unspecified atom stereocenters. The number of hydrogen-bond donors (Lipinski definition) is 1. The van der Waals surface area contributed by atoms with Gasteiger partial charge < -0.3 is 5.73 Å². The van der Waals surface area contributed by atoms with Gasteiger partial charge in [-0.05, 0) is 13.0 Å². The first-order valence-corrected chi connectivity index (χ1v) is 4.07. The zero-order valence-electron chi connectivity index (χ0n) is 7.36. The Kier molecular flexibility index (Phi) is 4.59. The lowest BCUT2D eigenvalue weighted by Gasteiger charge is -1.98. The summed E-state index contributed by atoms with van der Waals surface area (Å²) in [4.78, 5) is 3.64. The number of nitrogen functional groups attached to an aromatic ring is 1. The zero-order valence-corrected chi connectivity index (χ0v) is 8.11. The van der Waals surface area contributed by atoms with Crippen molar-refractivity contribution in [2.24, 2.45) is 0 Å². The van der Waals surface area contributed by atoms with Gasteiger partial charge in [-0.1, -0.05) is 25.4 Å². The van der Waals surface area contributed by atoms with Gasteiger partial charge in [-0.15, -0.1) is 0 Å². The van der Waals surface area contributed by atoms with E-state index in [1.165, 1.54) is 0 Å². The van der Waals surface area contributed by atoms with Crippen molar-refractivity contribution >= 4 is 17.4 Å². The molecule has 1 heterocycles. The molecule has 2 nitrogen and oxygen atoms in total. The van der Waals surface area contributed by atoms with E-state index in [2.05, 4.69) is 4.98 Å². The highest BCUT2D eigenvalue weighted by molar-refractivity contribution is 6.31. The van der Waals surface area contributed by atoms with Crippen LogP contribution in [0.5, 0.6) is 0 Å². The van der Waals surface area contributed by atoms with E-state index in [1.807, 2.05) is 13.8 Å². The van der Waals surface area contributed by atoms with Gasteiger partial charge in [-0.25, -0.2) is 9.37 Å². The van der Waals surface area contributed by atoms with Gasteiger partial charge in [0.15, 0.2) is 11.6 Å². The SMILES string of the molecule is CC.Cc1nc(N)c(F)cc1Cl. The lowest BCUT2D eigenvalue weighted by atomic mass is 10.3. The standard InChI is InChI=1S/C6H6ClFN2.C2H6/c1-3-4(7)2-5(8)6(9)10-3;1-2/h2H,1H3,(H2,9,10);1-2H3. The topological polar surface area (TPSA) is 38.9 Å². The third-order valence-corrected chi connectivity index (χ3v) is 1.51. The first-order chi connectivity index (χ1) is 5.61. The lowest BCUT2D eigenvalue weighted by Crippen LogP contribution is -1.96. The first kappa shape index (κ1) is 11.2. The van der Waals surface area contributed by atoms with Gasteiger partial charge in [-0.3, -0.25) is 0 Å². The van der Waals surface area contributed by atoms with Gasteiger partial charge in [0.25, 0.3) is 0 Å². The second kappa shape index (κ2) is 4.93. The molecule has 4 heteroatoms. The van der Waals surface area contributed by atoms with Crippen molar-refractivity contribution < 1.29 is 4.39 Å². The van der Waals surface area contributed by atoms with Crippen LogP contribution in [0.3, 0.4) is 0 Å². The summed E-state index contributed by atoms with van der Waals surface area (Å²) >= 11 is 5.53. The smallest absolute Gasteiger partial charge is 0.166 e. The normalized spacial score (nSPS) is 8.75. The quantitative estimate of drug-likeness (QED) is 0.683. The second-order valence-electron chi connectivity index (χ2n) is 1.92. The minimum absolute atomic E-state index is 0.109. The fourth-order valence-corrected chi connectivity index (χ4v) is 0.715. The molecule has 0 atom stereocenters. The number of aromatic nitrogens is 1. The molecule has 0 aliphatic carbocycles. The van der Waals surface area contributed by atoms with Crippen molar-refractivity contribution in [3.63, 3.8) is 0 Å². The van der Waals surface area contributed by atoms with Crippen molar-refractivity contribution in [2.45, 2.75) is 20.8 Å². The molecule has 1 aromatic rings. The molecule has 0 bridgehead atoms. The molecule has 0 amide bonds. The summed E-state index contributed by atoms with van der Waals surface area (Å²) in [5.74, 6) is -0.683. The van der Waals surface area contributed by atoms with Crippen LogP contribution in [0.2, 0.25) is 5.02 Å². The van der Waals surface area contributed by atoms with E-state index in [9.17, 15) is 4.39 Å². The Morgan fingerprint density at radius 2 is 2.00 bits per heavy atom. The molecule has 0 aromatic carbocycles. The van der Waals surface area contributed by atoms with E-state index in [0.717, 1.165) is 6.07 Å². The van der Waals surface area contributed by atoms with Crippen LogP contribution in [0.15, 0.2) is 6.07 Å². The predicted molar refractivity (Wildman–Crippen MR) is 49.7 cm³/mol. The van der Waals surface area contributed by atoms with Crippen molar-refractivity contribution in [3.05, 3.63) is 22.6 Å². The molecule has 1 aromatic heterocycles. The highest BCUT2D eigenvalue weighted by Crippen LogP contribution is 2.17. The maximum atomic E-state index is 12.5. The van der Waals surface area contributed by atoms with Crippen LogP contribution in [0.1, 0.15) is 19.5 Å². The molecule has 0 fully saturated rings. The first-order valence-electron chi connectivity index (χ1n) is 3.69. The van der Waals surface area contributed by atoms with E-state index >= 15 is 0 Å². The largest absolute Gasteiger partial charge is 0.381 e. The Balaban J connectivity index is 0.000000561. The van der Waals surface area contributed by atoms with E-state index in [-0.39, 0.29) is 5.82 Å². The third kappa shape index (κ3) is 2.66. The Morgan fingerprint density at radius 3 is 2.42 bits per heavy atom. The molecule has 0 saturated heterocycles. The molecule has 68 valence electrons. The monoisotopic (exact) mass is 190 g/mol. The fraction of sp³-hybridized carbons (Fsp3) is 0.375. The number of nitrogens with zero attached hydrogens (tertiary/aromatic N) is 1. The molecular weight excluding hydrogens is 179 g/mol. The molecule has 0 radical (unpaired) electrons. The minimum atomic E-state index is -0.574. The van der Waals surface area contributed by atoms with Crippen molar-refractivity contribution in [1.82, 2.24) is 4.98 Å². The van der Waals surface area contributed by atoms with Crippen LogP contribution in [-0.2, 0) is 0 Å². The molecule has 0 aliphatic heterocycles. The van der Waals surface area contributed by atoms with Crippen molar-refractivity contribution in [3.8, 4) is 0 Å². The van der Waals surface area contributed by atoms with E-state index < -0.39 is 5.82 Å². The molecule has 0 aliphatic rings. The molecule has 1 rings (SSSR count). The molecule has 12 heavy (non-hydrogen) atoms. The number of aryl methyl sites for hydroxylation is 1. The van der Waals surface area contributed by atoms with Crippen molar-refractivity contribution in [2.75, 3.05) is 5.73 Å². The molecule has 0 spiro atoms. The summed E-state index contributed by atoms with van der Waals surface area (Å²) in [6.07, 6.45) is 0. The van der Waals surface area contributed by atoms with Gasteiger partial charge in [-0.2, -0.15) is 0 Å². The summed E-state index contributed by atoms with van der Waals surface area (Å²) in [7, 11) is 0.